The summed E-state index contributed by atoms with van der Waals surface area (Å²) in [5.41, 5.74) is 8.42. The van der Waals surface area contributed by atoms with E-state index in [0.29, 0.717) is 5.89 Å². The first-order chi connectivity index (χ1) is 10.1. The molecule has 0 spiro atoms. The first kappa shape index (κ1) is 13.8. The molecule has 6 nitrogen and oxygen atoms in total. The number of anilines is 1. The third-order valence-electron chi connectivity index (χ3n) is 3.95. The van der Waals surface area contributed by atoms with Crippen molar-refractivity contribution in [2.24, 2.45) is 11.7 Å². The summed E-state index contributed by atoms with van der Waals surface area (Å²) in [7, 11) is 0. The second kappa shape index (κ2) is 5.65. The number of aromatic nitrogens is 2. The lowest BCUT2D eigenvalue weighted by Crippen LogP contribution is -2.23. The number of rotatable bonds is 3. The van der Waals surface area contributed by atoms with Crippen LogP contribution in [0, 0.1) is 12.8 Å². The minimum atomic E-state index is 0.00598. The van der Waals surface area contributed by atoms with Gasteiger partial charge in [-0.15, -0.1) is 10.2 Å². The van der Waals surface area contributed by atoms with E-state index in [2.05, 4.69) is 15.5 Å². The van der Waals surface area contributed by atoms with Gasteiger partial charge in [-0.2, -0.15) is 0 Å². The van der Waals surface area contributed by atoms with E-state index in [-0.39, 0.29) is 17.9 Å². The van der Waals surface area contributed by atoms with Crippen LogP contribution in [0.3, 0.4) is 0 Å². The van der Waals surface area contributed by atoms with E-state index in [9.17, 15) is 4.79 Å². The van der Waals surface area contributed by atoms with Gasteiger partial charge in [0, 0.05) is 23.2 Å². The fourth-order valence-corrected chi connectivity index (χ4v) is 2.68. The maximum Gasteiger partial charge on any atom is 0.247 e. The van der Waals surface area contributed by atoms with Gasteiger partial charge < -0.3 is 15.5 Å². The van der Waals surface area contributed by atoms with Gasteiger partial charge in [0.1, 0.15) is 0 Å². The normalized spacial score (nSPS) is 21.4. The van der Waals surface area contributed by atoms with Crippen molar-refractivity contribution in [3.63, 3.8) is 0 Å². The van der Waals surface area contributed by atoms with Crippen molar-refractivity contribution >= 4 is 11.6 Å². The van der Waals surface area contributed by atoms with Gasteiger partial charge in [0.15, 0.2) is 0 Å². The molecule has 1 amide bonds. The Morgan fingerprint density at radius 2 is 2.29 bits per heavy atom. The van der Waals surface area contributed by atoms with Crippen molar-refractivity contribution < 1.29 is 9.21 Å². The van der Waals surface area contributed by atoms with E-state index in [1.807, 2.05) is 25.1 Å². The second-order valence-electron chi connectivity index (χ2n) is 5.53. The molecule has 21 heavy (non-hydrogen) atoms. The number of carbonyl (C=O) groups excluding carboxylic acids is 1. The average molecular weight is 286 g/mol. The van der Waals surface area contributed by atoms with Gasteiger partial charge in [0.05, 0.1) is 0 Å². The SMILES string of the molecule is Cc1ccc(-c2nnco2)cc1NC(=O)C1CCC(N)C1. The van der Waals surface area contributed by atoms with Crippen LogP contribution in [0.4, 0.5) is 5.69 Å². The highest BCUT2D eigenvalue weighted by molar-refractivity contribution is 5.94. The molecular weight excluding hydrogens is 268 g/mol. The summed E-state index contributed by atoms with van der Waals surface area (Å²) >= 11 is 0. The van der Waals surface area contributed by atoms with Crippen molar-refractivity contribution in [2.75, 3.05) is 5.32 Å². The molecule has 1 aliphatic carbocycles. The Labute approximate surface area is 122 Å². The Kier molecular flexibility index (Phi) is 3.70. The van der Waals surface area contributed by atoms with Crippen molar-refractivity contribution in [1.29, 1.82) is 0 Å². The highest BCUT2D eigenvalue weighted by Crippen LogP contribution is 2.28. The Hall–Kier alpha value is -2.21. The van der Waals surface area contributed by atoms with Crippen molar-refractivity contribution in [1.82, 2.24) is 10.2 Å². The summed E-state index contributed by atoms with van der Waals surface area (Å²) in [5, 5.41) is 10.5. The van der Waals surface area contributed by atoms with Gasteiger partial charge in [-0.05, 0) is 43.9 Å². The summed E-state index contributed by atoms with van der Waals surface area (Å²) in [6.07, 6.45) is 3.82. The molecular formula is C15H18N4O2. The van der Waals surface area contributed by atoms with Crippen LogP contribution in [0.25, 0.3) is 11.5 Å². The Bertz CT molecular complexity index is 639. The molecule has 2 unspecified atom stereocenters. The molecule has 1 heterocycles. The predicted molar refractivity (Wildman–Crippen MR) is 78.4 cm³/mol. The minimum absolute atomic E-state index is 0.00598. The number of nitrogens with one attached hydrogen (secondary N) is 1. The molecule has 0 radical (unpaired) electrons. The quantitative estimate of drug-likeness (QED) is 0.901. The van der Waals surface area contributed by atoms with Gasteiger partial charge in [-0.3, -0.25) is 4.79 Å². The molecule has 0 bridgehead atoms. The largest absolute Gasteiger partial charge is 0.423 e. The maximum atomic E-state index is 12.3. The van der Waals surface area contributed by atoms with Crippen molar-refractivity contribution in [3.8, 4) is 11.5 Å². The topological polar surface area (TPSA) is 94.0 Å². The molecule has 3 N–H and O–H groups in total. The third kappa shape index (κ3) is 2.95. The lowest BCUT2D eigenvalue weighted by molar-refractivity contribution is -0.119. The van der Waals surface area contributed by atoms with Crippen LogP contribution in [0.15, 0.2) is 29.0 Å². The van der Waals surface area contributed by atoms with E-state index < -0.39 is 0 Å². The lowest BCUT2D eigenvalue weighted by atomic mass is 10.1. The van der Waals surface area contributed by atoms with Crippen molar-refractivity contribution in [2.45, 2.75) is 32.2 Å². The summed E-state index contributed by atoms with van der Waals surface area (Å²) in [6, 6.07) is 5.82. The molecule has 3 rings (SSSR count). The number of nitrogens with zero attached hydrogens (tertiary/aromatic N) is 2. The van der Waals surface area contributed by atoms with Gasteiger partial charge in [-0.25, -0.2) is 0 Å². The standard InChI is InChI=1S/C15H18N4O2/c1-9-2-3-11(15-19-17-8-21-15)7-13(9)18-14(20)10-4-5-12(16)6-10/h2-3,7-8,10,12H,4-6,16H2,1H3,(H,18,20). The average Bonchev–Trinajstić information content (AvgIpc) is 3.12. The zero-order chi connectivity index (χ0) is 14.8. The molecule has 110 valence electrons. The lowest BCUT2D eigenvalue weighted by Gasteiger charge is -2.13. The van der Waals surface area contributed by atoms with Crippen LogP contribution in [-0.2, 0) is 4.79 Å². The van der Waals surface area contributed by atoms with E-state index >= 15 is 0 Å². The number of nitrogens with two attached hydrogens (primary N) is 1. The van der Waals surface area contributed by atoms with Crippen LogP contribution in [-0.4, -0.2) is 22.1 Å². The highest BCUT2D eigenvalue weighted by atomic mass is 16.4. The van der Waals surface area contributed by atoms with Gasteiger partial charge in [-0.1, -0.05) is 6.07 Å². The van der Waals surface area contributed by atoms with Crippen molar-refractivity contribution in [3.05, 3.63) is 30.2 Å². The summed E-state index contributed by atoms with van der Waals surface area (Å²) in [5.74, 6) is 0.480. The summed E-state index contributed by atoms with van der Waals surface area (Å²) in [6.45, 7) is 1.95. The predicted octanol–water partition coefficient (Wildman–Crippen LogP) is 2.11. The van der Waals surface area contributed by atoms with Gasteiger partial charge in [0.2, 0.25) is 18.2 Å². The smallest absolute Gasteiger partial charge is 0.247 e. The Balaban J connectivity index is 1.78. The van der Waals surface area contributed by atoms with Crippen LogP contribution < -0.4 is 11.1 Å². The highest BCUT2D eigenvalue weighted by Gasteiger charge is 2.28. The monoisotopic (exact) mass is 286 g/mol. The first-order valence-corrected chi connectivity index (χ1v) is 7.07. The minimum Gasteiger partial charge on any atom is -0.423 e. The fraction of sp³-hybridized carbons (Fsp3) is 0.400. The van der Waals surface area contributed by atoms with Crippen LogP contribution >= 0.6 is 0 Å². The van der Waals surface area contributed by atoms with Crippen LogP contribution in [0.1, 0.15) is 24.8 Å². The Morgan fingerprint density at radius 1 is 1.43 bits per heavy atom. The summed E-state index contributed by atoms with van der Waals surface area (Å²) in [4.78, 5) is 12.3. The number of amides is 1. The number of aryl methyl sites for hydroxylation is 1. The van der Waals surface area contributed by atoms with Crippen LogP contribution in [0.2, 0.25) is 0 Å². The fourth-order valence-electron chi connectivity index (χ4n) is 2.68. The van der Waals surface area contributed by atoms with Crippen LogP contribution in [0.5, 0.6) is 0 Å². The zero-order valence-corrected chi connectivity index (χ0v) is 11.9. The van der Waals surface area contributed by atoms with Gasteiger partial charge in [0.25, 0.3) is 0 Å². The van der Waals surface area contributed by atoms with E-state index in [0.717, 1.165) is 36.1 Å². The molecule has 1 fully saturated rings. The molecule has 0 saturated heterocycles. The number of hydrogen-bond donors (Lipinski definition) is 2. The number of carbonyl (C=O) groups is 1. The third-order valence-corrected chi connectivity index (χ3v) is 3.95. The second-order valence-corrected chi connectivity index (χ2v) is 5.53. The molecule has 2 aromatic rings. The maximum absolute atomic E-state index is 12.3. The van der Waals surface area contributed by atoms with E-state index in [4.69, 9.17) is 10.2 Å². The summed E-state index contributed by atoms with van der Waals surface area (Å²) < 4.78 is 5.18. The molecule has 1 saturated carbocycles. The molecule has 1 aromatic heterocycles. The van der Waals surface area contributed by atoms with Gasteiger partial charge >= 0.3 is 0 Å². The first-order valence-electron chi connectivity index (χ1n) is 7.07. The molecule has 2 atom stereocenters. The van der Waals surface area contributed by atoms with E-state index in [1.54, 1.807) is 0 Å². The van der Waals surface area contributed by atoms with E-state index in [1.165, 1.54) is 6.39 Å². The molecule has 6 heteroatoms. The Morgan fingerprint density at radius 3 is 2.95 bits per heavy atom. The molecule has 1 aliphatic rings. The molecule has 0 aliphatic heterocycles. The number of hydrogen-bond acceptors (Lipinski definition) is 5. The molecule has 1 aromatic carbocycles. The number of benzene rings is 1. The zero-order valence-electron chi connectivity index (χ0n) is 11.9.